The predicted molar refractivity (Wildman–Crippen MR) is 54.2 cm³/mol. The van der Waals surface area contributed by atoms with Crippen molar-refractivity contribution in [3.05, 3.63) is 12.2 Å². The van der Waals surface area contributed by atoms with E-state index in [0.29, 0.717) is 0 Å². The highest BCUT2D eigenvalue weighted by Gasteiger charge is 2.22. The third-order valence-electron chi connectivity index (χ3n) is 2.16. The van der Waals surface area contributed by atoms with E-state index in [-0.39, 0.29) is 0 Å². The van der Waals surface area contributed by atoms with E-state index in [4.69, 9.17) is 0 Å². The van der Waals surface area contributed by atoms with Crippen LogP contribution in [0.3, 0.4) is 0 Å². The highest BCUT2D eigenvalue weighted by molar-refractivity contribution is 4.89. The number of hydrogen-bond acceptors (Lipinski definition) is 1. The summed E-state index contributed by atoms with van der Waals surface area (Å²) in [6.45, 7) is 6.24. The van der Waals surface area contributed by atoms with Crippen LogP contribution in [0.5, 0.6) is 0 Å². The number of allylic oxidation sites excluding steroid dienone is 1. The van der Waals surface area contributed by atoms with Crippen molar-refractivity contribution in [1.29, 1.82) is 0 Å². The summed E-state index contributed by atoms with van der Waals surface area (Å²) in [6, 6.07) is 0. The Hall–Kier alpha value is -0.300. The molecule has 0 bridgehead atoms. The van der Waals surface area contributed by atoms with Crippen LogP contribution in [0.4, 0.5) is 0 Å². The molecule has 0 aromatic rings. The average Bonchev–Trinajstić information content (AvgIpc) is 2.02. The van der Waals surface area contributed by atoms with Gasteiger partial charge in [0.1, 0.15) is 0 Å². The highest BCUT2D eigenvalue weighted by Crippen LogP contribution is 2.23. The van der Waals surface area contributed by atoms with Crippen molar-refractivity contribution in [3.63, 3.8) is 0 Å². The van der Waals surface area contributed by atoms with Crippen LogP contribution in [0, 0.1) is 0 Å². The quantitative estimate of drug-likeness (QED) is 0.606. The lowest BCUT2D eigenvalue weighted by Crippen LogP contribution is -2.27. The van der Waals surface area contributed by atoms with Crippen LogP contribution in [-0.4, -0.2) is 10.7 Å². The van der Waals surface area contributed by atoms with Crippen LogP contribution in [0.15, 0.2) is 12.2 Å². The molecule has 0 aromatic carbocycles. The zero-order valence-corrected chi connectivity index (χ0v) is 8.64. The summed E-state index contributed by atoms with van der Waals surface area (Å²) in [6.07, 6.45) is 8.85. The summed E-state index contributed by atoms with van der Waals surface area (Å²) in [5.41, 5.74) is -0.435. The van der Waals surface area contributed by atoms with E-state index >= 15 is 0 Å². The molecule has 0 aliphatic heterocycles. The van der Waals surface area contributed by atoms with Crippen LogP contribution in [0.1, 0.15) is 52.9 Å². The molecule has 0 saturated carbocycles. The molecule has 0 spiro atoms. The molecule has 0 radical (unpaired) electrons. The topological polar surface area (TPSA) is 20.2 Å². The third-order valence-corrected chi connectivity index (χ3v) is 2.16. The van der Waals surface area contributed by atoms with Crippen LogP contribution in [0.25, 0.3) is 0 Å². The first-order valence-corrected chi connectivity index (χ1v) is 5.02. The van der Waals surface area contributed by atoms with Gasteiger partial charge in [-0.05, 0) is 26.2 Å². The van der Waals surface area contributed by atoms with Crippen molar-refractivity contribution < 1.29 is 5.11 Å². The Kier molecular flexibility index (Phi) is 6.09. The van der Waals surface area contributed by atoms with Crippen LogP contribution in [0.2, 0.25) is 0 Å². The standard InChI is InChI=1S/C11H22O/c1-4-7-10-11(12,8-5-2)9-6-3/h4,7,12H,5-6,8-10H2,1-3H3/b7-4+. The Morgan fingerprint density at radius 2 is 1.67 bits per heavy atom. The van der Waals surface area contributed by atoms with E-state index in [1.54, 1.807) is 0 Å². The summed E-state index contributed by atoms with van der Waals surface area (Å²) in [7, 11) is 0. The van der Waals surface area contributed by atoms with Gasteiger partial charge in [-0.3, -0.25) is 0 Å². The Balaban J connectivity index is 3.97. The Bertz CT molecular complexity index is 121. The smallest absolute Gasteiger partial charge is 0.0681 e. The van der Waals surface area contributed by atoms with Crippen molar-refractivity contribution in [1.82, 2.24) is 0 Å². The first kappa shape index (κ1) is 11.7. The van der Waals surface area contributed by atoms with Crippen molar-refractivity contribution >= 4 is 0 Å². The summed E-state index contributed by atoms with van der Waals surface area (Å²) in [5, 5.41) is 10.1. The fourth-order valence-electron chi connectivity index (χ4n) is 1.60. The molecule has 0 rings (SSSR count). The van der Waals surface area contributed by atoms with Crippen molar-refractivity contribution in [2.45, 2.75) is 58.5 Å². The first-order valence-electron chi connectivity index (χ1n) is 5.02. The molecule has 0 saturated heterocycles. The number of hydrogen-bond donors (Lipinski definition) is 1. The number of rotatable bonds is 6. The van der Waals surface area contributed by atoms with Gasteiger partial charge in [0.25, 0.3) is 0 Å². The normalized spacial score (nSPS) is 12.7. The number of aliphatic hydroxyl groups is 1. The Morgan fingerprint density at radius 3 is 2.00 bits per heavy atom. The van der Waals surface area contributed by atoms with Gasteiger partial charge in [0.2, 0.25) is 0 Å². The molecule has 0 aliphatic carbocycles. The maximum atomic E-state index is 10.1. The van der Waals surface area contributed by atoms with Crippen LogP contribution >= 0.6 is 0 Å². The monoisotopic (exact) mass is 170 g/mol. The van der Waals surface area contributed by atoms with Gasteiger partial charge in [0.05, 0.1) is 5.60 Å². The predicted octanol–water partition coefficient (Wildman–Crippen LogP) is 3.28. The van der Waals surface area contributed by atoms with Gasteiger partial charge in [0.15, 0.2) is 0 Å². The third kappa shape index (κ3) is 4.55. The fraction of sp³-hybridized carbons (Fsp3) is 0.818. The highest BCUT2D eigenvalue weighted by atomic mass is 16.3. The molecule has 0 unspecified atom stereocenters. The molecule has 1 nitrogen and oxygen atoms in total. The Morgan fingerprint density at radius 1 is 1.17 bits per heavy atom. The first-order chi connectivity index (χ1) is 5.68. The van der Waals surface area contributed by atoms with Gasteiger partial charge in [-0.2, -0.15) is 0 Å². The van der Waals surface area contributed by atoms with Gasteiger partial charge in [-0.1, -0.05) is 38.8 Å². The second kappa shape index (κ2) is 6.24. The van der Waals surface area contributed by atoms with E-state index in [2.05, 4.69) is 19.9 Å². The van der Waals surface area contributed by atoms with E-state index < -0.39 is 5.60 Å². The SMILES string of the molecule is C/C=C/CC(O)(CCC)CCC. The van der Waals surface area contributed by atoms with Crippen LogP contribution < -0.4 is 0 Å². The minimum absolute atomic E-state index is 0.435. The molecule has 1 N–H and O–H groups in total. The lowest BCUT2D eigenvalue weighted by molar-refractivity contribution is 0.0242. The summed E-state index contributed by atoms with van der Waals surface area (Å²) in [5.74, 6) is 0. The van der Waals surface area contributed by atoms with Gasteiger partial charge >= 0.3 is 0 Å². The summed E-state index contributed by atoms with van der Waals surface area (Å²) < 4.78 is 0. The summed E-state index contributed by atoms with van der Waals surface area (Å²) in [4.78, 5) is 0. The maximum Gasteiger partial charge on any atom is 0.0681 e. The summed E-state index contributed by atoms with van der Waals surface area (Å²) >= 11 is 0. The molecule has 12 heavy (non-hydrogen) atoms. The second-order valence-corrected chi connectivity index (χ2v) is 3.50. The van der Waals surface area contributed by atoms with Gasteiger partial charge in [-0.25, -0.2) is 0 Å². The lowest BCUT2D eigenvalue weighted by atomic mass is 9.89. The van der Waals surface area contributed by atoms with Gasteiger partial charge < -0.3 is 5.11 Å². The van der Waals surface area contributed by atoms with Crippen molar-refractivity contribution in [2.24, 2.45) is 0 Å². The lowest BCUT2D eigenvalue weighted by Gasteiger charge is -2.25. The second-order valence-electron chi connectivity index (χ2n) is 3.50. The van der Waals surface area contributed by atoms with Crippen LogP contribution in [-0.2, 0) is 0 Å². The van der Waals surface area contributed by atoms with Gasteiger partial charge in [-0.15, -0.1) is 0 Å². The van der Waals surface area contributed by atoms with Crippen molar-refractivity contribution in [3.8, 4) is 0 Å². The molecule has 0 heterocycles. The molecule has 0 aromatic heterocycles. The molecule has 1 heteroatoms. The minimum atomic E-state index is -0.435. The Labute approximate surface area is 76.5 Å². The van der Waals surface area contributed by atoms with E-state index in [1.165, 1.54) is 0 Å². The molecule has 72 valence electrons. The van der Waals surface area contributed by atoms with Crippen molar-refractivity contribution in [2.75, 3.05) is 0 Å². The molecular weight excluding hydrogens is 148 g/mol. The maximum absolute atomic E-state index is 10.1. The minimum Gasteiger partial charge on any atom is -0.390 e. The zero-order chi connectivity index (χ0) is 9.45. The average molecular weight is 170 g/mol. The van der Waals surface area contributed by atoms with Gasteiger partial charge in [0, 0.05) is 0 Å². The fourth-order valence-corrected chi connectivity index (χ4v) is 1.60. The zero-order valence-electron chi connectivity index (χ0n) is 8.64. The molecule has 0 atom stereocenters. The van der Waals surface area contributed by atoms with E-state index in [1.807, 2.05) is 13.0 Å². The molecule has 0 fully saturated rings. The largest absolute Gasteiger partial charge is 0.390 e. The molecule has 0 amide bonds. The van der Waals surface area contributed by atoms with E-state index in [0.717, 1.165) is 32.1 Å². The molecule has 0 aliphatic rings. The van der Waals surface area contributed by atoms with E-state index in [9.17, 15) is 5.11 Å². The molecular formula is C11H22O.